The number of amides is 2. The molecular formula is C28H30N4O10S3. The van der Waals surface area contributed by atoms with Crippen molar-refractivity contribution in [2.24, 2.45) is 11.8 Å². The third kappa shape index (κ3) is 9.76. The third-order valence-corrected chi connectivity index (χ3v) is 10.3. The number of carbonyl (C=O) groups excluding carboxylic acids is 3. The van der Waals surface area contributed by atoms with Gasteiger partial charge in [-0.1, -0.05) is 24.0 Å². The summed E-state index contributed by atoms with van der Waals surface area (Å²) >= 11 is 8.36. The minimum absolute atomic E-state index is 0.0270. The molecular weight excluding hydrogens is 649 g/mol. The van der Waals surface area contributed by atoms with Crippen LogP contribution in [0.1, 0.15) is 30.9 Å². The second-order valence-corrected chi connectivity index (χ2v) is 13.7. The van der Waals surface area contributed by atoms with Crippen molar-refractivity contribution in [3.05, 3.63) is 79.9 Å². The van der Waals surface area contributed by atoms with E-state index < -0.39 is 34.1 Å². The summed E-state index contributed by atoms with van der Waals surface area (Å²) in [5.41, 5.74) is 1.11. The van der Waals surface area contributed by atoms with Gasteiger partial charge in [0.05, 0.1) is 15.2 Å². The first-order chi connectivity index (χ1) is 21.5. The summed E-state index contributed by atoms with van der Waals surface area (Å²) < 4.78 is 16.4. The van der Waals surface area contributed by atoms with Gasteiger partial charge in [-0.2, -0.15) is 0 Å². The summed E-state index contributed by atoms with van der Waals surface area (Å²) in [4.78, 5) is 59.0. The van der Waals surface area contributed by atoms with Crippen LogP contribution in [0.15, 0.2) is 48.5 Å². The summed E-state index contributed by atoms with van der Waals surface area (Å²) in [5.74, 6) is 0.223. The first-order valence-corrected chi connectivity index (χ1v) is 16.1. The third-order valence-electron chi connectivity index (χ3n) is 7.25. The van der Waals surface area contributed by atoms with E-state index in [4.69, 9.17) is 26.4 Å². The summed E-state index contributed by atoms with van der Waals surface area (Å²) in [7, 11) is 0. The number of ether oxygens (including phenoxy) is 3. The van der Waals surface area contributed by atoms with Crippen molar-refractivity contribution in [2.75, 3.05) is 18.8 Å². The number of nitro benzene ring substituents is 2. The molecule has 0 aromatic heterocycles. The van der Waals surface area contributed by atoms with Crippen molar-refractivity contribution in [1.29, 1.82) is 0 Å². The summed E-state index contributed by atoms with van der Waals surface area (Å²) in [6.45, 7) is 2.58. The van der Waals surface area contributed by atoms with Crippen LogP contribution >= 0.6 is 35.7 Å². The van der Waals surface area contributed by atoms with Gasteiger partial charge in [-0.3, -0.25) is 25.0 Å². The van der Waals surface area contributed by atoms with E-state index in [1.807, 2.05) is 0 Å². The highest BCUT2D eigenvalue weighted by molar-refractivity contribution is 8.47. The predicted molar refractivity (Wildman–Crippen MR) is 169 cm³/mol. The number of nitrogens with zero attached hydrogens (tertiary/aromatic N) is 3. The number of piperidine rings is 1. The van der Waals surface area contributed by atoms with E-state index in [-0.39, 0.29) is 35.9 Å². The van der Waals surface area contributed by atoms with Crippen molar-refractivity contribution in [3.8, 4) is 0 Å². The molecule has 4 rings (SSSR count). The van der Waals surface area contributed by atoms with E-state index in [2.05, 4.69) is 5.32 Å². The molecule has 1 N–H and O–H groups in total. The first kappa shape index (κ1) is 33.9. The van der Waals surface area contributed by atoms with Crippen molar-refractivity contribution < 1.29 is 38.4 Å². The number of carbonyl (C=O) groups is 3. The largest absolute Gasteiger partial charge is 0.508 e. The number of nitro groups is 2. The van der Waals surface area contributed by atoms with E-state index in [1.165, 1.54) is 59.9 Å². The minimum atomic E-state index is -0.956. The number of rotatable bonds is 11. The lowest BCUT2D eigenvalue weighted by molar-refractivity contribution is -0.385. The van der Waals surface area contributed by atoms with Crippen LogP contribution in [0.5, 0.6) is 0 Å². The van der Waals surface area contributed by atoms with E-state index >= 15 is 0 Å². The molecule has 0 unspecified atom stereocenters. The lowest BCUT2D eigenvalue weighted by Crippen LogP contribution is -2.61. The molecule has 2 aromatic carbocycles. The maximum Gasteiger partial charge on any atom is 0.508 e. The fourth-order valence-electron chi connectivity index (χ4n) is 4.60. The molecule has 2 amide bonds. The molecule has 0 aliphatic carbocycles. The summed E-state index contributed by atoms with van der Waals surface area (Å²) in [5, 5.41) is 24.0. The van der Waals surface area contributed by atoms with Crippen molar-refractivity contribution in [2.45, 2.75) is 44.5 Å². The SMILES string of the molecule is C[C@@H](OC(=O)OCc1ccc([N+](=O)[O-])cc1)[C@H]1C(=O)N[C@@H]1SC(=S)SCC1CCN(C(=O)OCc2ccc([N+](=O)[O-])cc2)CC1. The molecule has 0 radical (unpaired) electrons. The highest BCUT2D eigenvalue weighted by Gasteiger charge is 2.46. The van der Waals surface area contributed by atoms with Crippen molar-refractivity contribution in [3.63, 3.8) is 0 Å². The van der Waals surface area contributed by atoms with Gasteiger partial charge in [0, 0.05) is 43.1 Å². The van der Waals surface area contributed by atoms with Gasteiger partial charge in [-0.25, -0.2) is 9.59 Å². The molecule has 2 fully saturated rings. The summed E-state index contributed by atoms with van der Waals surface area (Å²) in [6, 6.07) is 11.4. The number of non-ortho nitro benzene ring substituents is 2. The number of likely N-dealkylation sites (tertiary alicyclic amines) is 1. The van der Waals surface area contributed by atoms with Gasteiger partial charge < -0.3 is 24.4 Å². The first-order valence-electron chi connectivity index (χ1n) is 13.9. The molecule has 0 bridgehead atoms. The molecule has 0 spiro atoms. The van der Waals surface area contributed by atoms with E-state index in [1.54, 1.807) is 24.0 Å². The Morgan fingerprint density at radius 3 is 2.02 bits per heavy atom. The molecule has 240 valence electrons. The van der Waals surface area contributed by atoms with Crippen LogP contribution in [0, 0.1) is 32.1 Å². The van der Waals surface area contributed by atoms with Crippen LogP contribution < -0.4 is 5.32 Å². The molecule has 2 aliphatic heterocycles. The van der Waals surface area contributed by atoms with Gasteiger partial charge in [-0.15, -0.1) is 11.8 Å². The number of hydrogen-bond acceptors (Lipinski definition) is 13. The Bertz CT molecular complexity index is 1420. The van der Waals surface area contributed by atoms with Gasteiger partial charge in [0.15, 0.2) is 0 Å². The number of thioether (sulfide) groups is 2. The zero-order valence-electron chi connectivity index (χ0n) is 24.0. The Balaban J connectivity index is 1.11. The number of hydrogen-bond donors (Lipinski definition) is 1. The average Bonchev–Trinajstić information content (AvgIpc) is 3.01. The second-order valence-electron chi connectivity index (χ2n) is 10.3. The smallest absolute Gasteiger partial charge is 0.445 e. The molecule has 14 nitrogen and oxygen atoms in total. The maximum atomic E-state index is 12.5. The molecule has 45 heavy (non-hydrogen) atoms. The quantitative estimate of drug-likeness (QED) is 0.105. The van der Waals surface area contributed by atoms with Crippen LogP contribution in [0.2, 0.25) is 0 Å². The van der Waals surface area contributed by atoms with Gasteiger partial charge in [0.2, 0.25) is 5.91 Å². The Morgan fingerprint density at radius 1 is 0.978 bits per heavy atom. The number of β-lactam (4-membered cyclic amide) rings is 1. The average molecular weight is 679 g/mol. The van der Waals surface area contributed by atoms with E-state index in [0.717, 1.165) is 18.6 Å². The number of nitrogens with one attached hydrogen (secondary N) is 1. The van der Waals surface area contributed by atoms with Crippen LogP contribution in [0.3, 0.4) is 0 Å². The standard InChI is InChI=1S/C28H30N4O10S3/c1-17(42-27(35)41-15-19-4-8-22(9-5-19)32(38)39)23-24(33)29-25(23)45-28(43)44-16-20-10-12-30(13-11-20)26(34)40-14-18-2-6-21(7-3-18)31(36)37/h2-9,17,20,23,25H,10-16H2,1H3,(H,29,33)/t17-,23+,25-/m1/s1. The zero-order valence-corrected chi connectivity index (χ0v) is 26.5. The highest BCUT2D eigenvalue weighted by Crippen LogP contribution is 2.35. The Kier molecular flexibility index (Phi) is 12.0. The maximum absolute atomic E-state index is 12.5. The Morgan fingerprint density at radius 2 is 1.51 bits per heavy atom. The Labute approximate surface area is 271 Å². The van der Waals surface area contributed by atoms with Crippen LogP contribution in [-0.2, 0) is 32.2 Å². The monoisotopic (exact) mass is 678 g/mol. The predicted octanol–water partition coefficient (Wildman–Crippen LogP) is 5.42. The zero-order chi connectivity index (χ0) is 32.5. The number of benzene rings is 2. The Hall–Kier alpha value is -3.96. The highest BCUT2D eigenvalue weighted by atomic mass is 32.2. The van der Waals surface area contributed by atoms with Crippen molar-refractivity contribution >= 4 is 68.8 Å². The normalized spacial score (nSPS) is 18.6. The lowest BCUT2D eigenvalue weighted by atomic mass is 9.96. The minimum Gasteiger partial charge on any atom is -0.445 e. The number of thiocarbonyl (C=S) groups is 1. The van der Waals surface area contributed by atoms with E-state index in [9.17, 15) is 34.6 Å². The molecule has 17 heteroatoms. The van der Waals surface area contributed by atoms with Gasteiger partial charge in [0.1, 0.15) is 28.8 Å². The van der Waals surface area contributed by atoms with Gasteiger partial charge >= 0.3 is 12.2 Å². The molecule has 2 heterocycles. The molecule has 3 atom stereocenters. The van der Waals surface area contributed by atoms with Crippen molar-refractivity contribution in [1.82, 2.24) is 10.2 Å². The fraction of sp³-hybridized carbons (Fsp3) is 0.429. The van der Waals surface area contributed by atoms with Crippen LogP contribution in [0.25, 0.3) is 0 Å². The molecule has 2 aliphatic rings. The van der Waals surface area contributed by atoms with Gasteiger partial charge in [0.25, 0.3) is 11.4 Å². The fourth-order valence-corrected chi connectivity index (χ4v) is 7.48. The molecule has 2 aromatic rings. The molecule has 0 saturated carbocycles. The van der Waals surface area contributed by atoms with Crippen LogP contribution in [-0.4, -0.2) is 66.8 Å². The second kappa shape index (κ2) is 15.9. The van der Waals surface area contributed by atoms with Gasteiger partial charge in [-0.05, 0) is 61.1 Å². The lowest BCUT2D eigenvalue weighted by Gasteiger charge is -2.38. The molecule has 2 saturated heterocycles. The van der Waals surface area contributed by atoms with Crippen LogP contribution in [0.4, 0.5) is 21.0 Å². The van der Waals surface area contributed by atoms with E-state index in [0.29, 0.717) is 33.7 Å². The topological polar surface area (TPSA) is 180 Å². The summed E-state index contributed by atoms with van der Waals surface area (Å²) in [6.07, 6.45) is -0.588.